The Morgan fingerprint density at radius 3 is 2.55 bits per heavy atom. The number of hydrogen-bond acceptors (Lipinski definition) is 2. The first-order valence-electron chi connectivity index (χ1n) is 6.19. The predicted octanol–water partition coefficient (Wildman–Crippen LogP) is 4.62. The predicted molar refractivity (Wildman–Crippen MR) is 82.9 cm³/mol. The normalized spacial score (nSPS) is 11.2. The largest absolute Gasteiger partial charge is 0.456 e. The third-order valence-corrected chi connectivity index (χ3v) is 3.33. The first-order valence-corrected chi connectivity index (χ1v) is 6.57. The van der Waals surface area contributed by atoms with Crippen LogP contribution in [0.15, 0.2) is 63.8 Å². The maximum Gasteiger partial charge on any atom is 0.193 e. The molecule has 0 atom stereocenters. The third kappa shape index (κ3) is 2.51. The molecule has 1 heterocycles. The summed E-state index contributed by atoms with van der Waals surface area (Å²) in [7, 11) is 0. The molecule has 0 bridgehead atoms. The molecule has 0 saturated heterocycles. The van der Waals surface area contributed by atoms with Gasteiger partial charge in [0.25, 0.3) is 0 Å². The van der Waals surface area contributed by atoms with Gasteiger partial charge < -0.3 is 4.42 Å². The average Bonchev–Trinajstić information content (AvgIpc) is 2.46. The minimum atomic E-state index is -0.0503. The molecule has 3 heteroatoms. The number of benzene rings is 2. The molecule has 0 unspecified atom stereocenters. The Morgan fingerprint density at radius 1 is 0.950 bits per heavy atom. The van der Waals surface area contributed by atoms with E-state index >= 15 is 0 Å². The molecule has 0 aliphatic carbocycles. The van der Waals surface area contributed by atoms with E-state index in [0.29, 0.717) is 21.8 Å². The van der Waals surface area contributed by atoms with E-state index < -0.39 is 0 Å². The molecule has 20 heavy (non-hydrogen) atoms. The number of para-hydroxylation sites is 1. The summed E-state index contributed by atoms with van der Waals surface area (Å²) in [5.74, 6) is 0.508. The second-order valence-corrected chi connectivity index (χ2v) is 4.77. The molecule has 0 N–H and O–H groups in total. The number of hydrogen-bond donors (Lipinski definition) is 0. The van der Waals surface area contributed by atoms with Gasteiger partial charge in [-0.15, -0.1) is 0 Å². The van der Waals surface area contributed by atoms with Crippen molar-refractivity contribution in [1.82, 2.24) is 0 Å². The third-order valence-electron chi connectivity index (χ3n) is 2.99. The molecule has 0 saturated carbocycles. The lowest BCUT2D eigenvalue weighted by molar-refractivity contribution is 0.591. The Balaban J connectivity index is 2.04. The van der Waals surface area contributed by atoms with Crippen LogP contribution in [0, 0.1) is 0 Å². The Bertz CT molecular complexity index is 847. The smallest absolute Gasteiger partial charge is 0.193 e. The molecule has 0 aliphatic heterocycles. The van der Waals surface area contributed by atoms with Gasteiger partial charge in [-0.05, 0) is 35.9 Å². The van der Waals surface area contributed by atoms with Gasteiger partial charge in [0, 0.05) is 11.1 Å². The van der Waals surface area contributed by atoms with Crippen LogP contribution in [0.25, 0.3) is 23.1 Å². The summed E-state index contributed by atoms with van der Waals surface area (Å²) in [4.78, 5) is 12.0. The fourth-order valence-corrected chi connectivity index (χ4v) is 2.19. The van der Waals surface area contributed by atoms with Crippen LogP contribution >= 0.6 is 11.6 Å². The van der Waals surface area contributed by atoms with E-state index in [-0.39, 0.29) is 5.43 Å². The van der Waals surface area contributed by atoms with Crippen LogP contribution in [0.1, 0.15) is 11.3 Å². The van der Waals surface area contributed by atoms with Crippen LogP contribution in [-0.2, 0) is 0 Å². The van der Waals surface area contributed by atoms with Crippen molar-refractivity contribution in [2.45, 2.75) is 0 Å². The van der Waals surface area contributed by atoms with Crippen molar-refractivity contribution in [3.8, 4) is 0 Å². The van der Waals surface area contributed by atoms with Gasteiger partial charge in [0.2, 0.25) is 0 Å². The van der Waals surface area contributed by atoms with E-state index in [1.807, 2.05) is 42.5 Å². The molecule has 1 aromatic heterocycles. The van der Waals surface area contributed by atoms with Gasteiger partial charge in [-0.1, -0.05) is 41.9 Å². The van der Waals surface area contributed by atoms with Crippen LogP contribution in [0.2, 0.25) is 5.02 Å². The van der Waals surface area contributed by atoms with E-state index in [9.17, 15) is 4.79 Å². The number of fused-ring (bicyclic) bond motifs is 1. The van der Waals surface area contributed by atoms with Crippen molar-refractivity contribution in [3.63, 3.8) is 0 Å². The second-order valence-electron chi connectivity index (χ2n) is 4.36. The lowest BCUT2D eigenvalue weighted by Crippen LogP contribution is -1.99. The molecule has 98 valence electrons. The van der Waals surface area contributed by atoms with Gasteiger partial charge >= 0.3 is 0 Å². The Hall–Kier alpha value is -2.32. The van der Waals surface area contributed by atoms with Crippen LogP contribution in [-0.4, -0.2) is 0 Å². The van der Waals surface area contributed by atoms with E-state index in [1.54, 1.807) is 18.2 Å². The first-order chi connectivity index (χ1) is 9.74. The molecular weight excluding hydrogens is 272 g/mol. The molecule has 2 nitrogen and oxygen atoms in total. The Morgan fingerprint density at radius 2 is 1.70 bits per heavy atom. The highest BCUT2D eigenvalue weighted by Gasteiger charge is 2.02. The van der Waals surface area contributed by atoms with Crippen molar-refractivity contribution >= 4 is 34.7 Å². The summed E-state index contributed by atoms with van der Waals surface area (Å²) in [5, 5.41) is 1.24. The lowest BCUT2D eigenvalue weighted by atomic mass is 10.2. The molecule has 0 fully saturated rings. The molecular formula is C17H11ClO2. The van der Waals surface area contributed by atoms with Crippen LogP contribution < -0.4 is 5.43 Å². The zero-order chi connectivity index (χ0) is 13.9. The van der Waals surface area contributed by atoms with Crippen LogP contribution in [0.5, 0.6) is 0 Å². The van der Waals surface area contributed by atoms with E-state index in [2.05, 4.69) is 0 Å². The van der Waals surface area contributed by atoms with Gasteiger partial charge in [-0.2, -0.15) is 0 Å². The molecule has 0 amide bonds. The molecule has 3 aromatic rings. The standard InChI is InChI=1S/C17H11ClO2/c18-15-7-3-1-5-12(15)9-10-13-11-16(19)14-6-2-4-8-17(14)20-13/h1-11H/b10-9+. The van der Waals surface area contributed by atoms with Gasteiger partial charge in [0.15, 0.2) is 5.43 Å². The van der Waals surface area contributed by atoms with E-state index in [1.165, 1.54) is 6.07 Å². The van der Waals surface area contributed by atoms with Gasteiger partial charge in [-0.25, -0.2) is 0 Å². The van der Waals surface area contributed by atoms with Gasteiger partial charge in [-0.3, -0.25) is 4.79 Å². The molecule has 2 aromatic carbocycles. The fourth-order valence-electron chi connectivity index (χ4n) is 1.99. The minimum absolute atomic E-state index is 0.0503. The maximum atomic E-state index is 12.0. The highest BCUT2D eigenvalue weighted by atomic mass is 35.5. The summed E-state index contributed by atoms with van der Waals surface area (Å²) in [6, 6.07) is 16.2. The van der Waals surface area contributed by atoms with Crippen molar-refractivity contribution in [3.05, 3.63) is 81.2 Å². The average molecular weight is 283 g/mol. The monoisotopic (exact) mass is 282 g/mol. The number of halogens is 1. The second kappa shape index (κ2) is 5.35. The highest BCUT2D eigenvalue weighted by Crippen LogP contribution is 2.18. The Labute approximate surface area is 120 Å². The topological polar surface area (TPSA) is 30.2 Å². The quantitative estimate of drug-likeness (QED) is 0.687. The Kier molecular flexibility index (Phi) is 3.40. The lowest BCUT2D eigenvalue weighted by Gasteiger charge is -1.99. The molecule has 0 spiro atoms. The summed E-state index contributed by atoms with van der Waals surface area (Å²) >= 11 is 6.07. The highest BCUT2D eigenvalue weighted by molar-refractivity contribution is 6.32. The number of rotatable bonds is 2. The summed E-state index contributed by atoms with van der Waals surface area (Å²) in [6.07, 6.45) is 3.57. The minimum Gasteiger partial charge on any atom is -0.456 e. The van der Waals surface area contributed by atoms with Crippen LogP contribution in [0.4, 0.5) is 0 Å². The van der Waals surface area contributed by atoms with Crippen molar-refractivity contribution in [2.24, 2.45) is 0 Å². The summed E-state index contributed by atoms with van der Waals surface area (Å²) in [5.41, 5.74) is 1.41. The zero-order valence-corrected chi connectivity index (χ0v) is 11.3. The van der Waals surface area contributed by atoms with E-state index in [0.717, 1.165) is 5.56 Å². The van der Waals surface area contributed by atoms with Crippen molar-refractivity contribution in [2.75, 3.05) is 0 Å². The molecule has 3 rings (SSSR count). The molecule has 0 radical (unpaired) electrons. The molecule has 0 aliphatic rings. The first kappa shape index (κ1) is 12.7. The van der Waals surface area contributed by atoms with Crippen molar-refractivity contribution < 1.29 is 4.42 Å². The van der Waals surface area contributed by atoms with Crippen molar-refractivity contribution in [1.29, 1.82) is 0 Å². The maximum absolute atomic E-state index is 12.0. The summed E-state index contributed by atoms with van der Waals surface area (Å²) < 4.78 is 5.67. The van der Waals surface area contributed by atoms with Gasteiger partial charge in [0.05, 0.1) is 5.39 Å². The van der Waals surface area contributed by atoms with Gasteiger partial charge in [0.1, 0.15) is 11.3 Å². The SMILES string of the molecule is O=c1cc(/C=C/c2ccccc2Cl)oc2ccccc12. The van der Waals surface area contributed by atoms with E-state index in [4.69, 9.17) is 16.0 Å². The van der Waals surface area contributed by atoms with Crippen LogP contribution in [0.3, 0.4) is 0 Å². The summed E-state index contributed by atoms with van der Waals surface area (Å²) in [6.45, 7) is 0. The zero-order valence-electron chi connectivity index (χ0n) is 10.5. The fraction of sp³-hybridized carbons (Fsp3) is 0.